The third-order valence-electron chi connectivity index (χ3n) is 4.82. The van der Waals surface area contributed by atoms with Crippen LogP contribution in [0.4, 0.5) is 5.69 Å². The summed E-state index contributed by atoms with van der Waals surface area (Å²) in [5.74, 6) is -0.812. The number of carbonyl (C=O) groups excluding carboxylic acids is 2. The third kappa shape index (κ3) is 5.94. The van der Waals surface area contributed by atoms with Crippen LogP contribution in [0.25, 0.3) is 11.0 Å². The van der Waals surface area contributed by atoms with E-state index < -0.39 is 17.6 Å². The van der Waals surface area contributed by atoms with Gasteiger partial charge < -0.3 is 26.5 Å². The van der Waals surface area contributed by atoms with Gasteiger partial charge in [0.25, 0.3) is 5.91 Å². The molecule has 0 spiro atoms. The van der Waals surface area contributed by atoms with Gasteiger partial charge in [-0.15, -0.1) is 0 Å². The molecule has 2 amide bonds. The van der Waals surface area contributed by atoms with Crippen molar-refractivity contribution in [2.45, 2.75) is 25.8 Å². The van der Waals surface area contributed by atoms with E-state index >= 15 is 0 Å². The summed E-state index contributed by atoms with van der Waals surface area (Å²) in [6, 6.07) is 14.3. The minimum atomic E-state index is -0.822. The van der Waals surface area contributed by atoms with Gasteiger partial charge in [0.15, 0.2) is 5.96 Å². The zero-order valence-electron chi connectivity index (χ0n) is 17.6. The van der Waals surface area contributed by atoms with Crippen molar-refractivity contribution in [3.05, 3.63) is 76.1 Å². The Morgan fingerprint density at radius 3 is 2.56 bits per heavy atom. The number of fused-ring (bicyclic) bond motifs is 1. The zero-order valence-corrected chi connectivity index (χ0v) is 17.6. The lowest BCUT2D eigenvalue weighted by Crippen LogP contribution is -2.44. The first-order chi connectivity index (χ1) is 15.3. The van der Waals surface area contributed by atoms with E-state index in [2.05, 4.69) is 15.6 Å². The van der Waals surface area contributed by atoms with Crippen molar-refractivity contribution in [1.82, 2.24) is 5.32 Å². The van der Waals surface area contributed by atoms with Crippen molar-refractivity contribution < 1.29 is 14.0 Å². The fraction of sp³-hybridized carbons (Fsp3) is 0.217. The summed E-state index contributed by atoms with van der Waals surface area (Å²) in [6.45, 7) is 2.14. The molecular formula is C23H25N5O4. The van der Waals surface area contributed by atoms with E-state index in [-0.39, 0.29) is 11.9 Å². The Morgan fingerprint density at radius 2 is 1.84 bits per heavy atom. The van der Waals surface area contributed by atoms with Crippen molar-refractivity contribution >= 4 is 34.4 Å². The quantitative estimate of drug-likeness (QED) is 0.183. The highest BCUT2D eigenvalue weighted by Gasteiger charge is 2.21. The van der Waals surface area contributed by atoms with Crippen molar-refractivity contribution in [3.8, 4) is 0 Å². The molecule has 166 valence electrons. The van der Waals surface area contributed by atoms with Crippen LogP contribution in [-0.4, -0.2) is 30.4 Å². The Morgan fingerprint density at radius 1 is 1.09 bits per heavy atom. The Hall–Kier alpha value is -4.14. The fourth-order valence-electron chi connectivity index (χ4n) is 3.24. The first kappa shape index (κ1) is 22.5. The standard InChI is InChI=1S/C23H25N5O4/c1-14-12-20(29)32-19-13-16(9-10-17(14)19)27-22(31)18(8-5-11-26-23(24)25)28-21(30)15-6-3-2-4-7-15/h2-4,6-7,9-10,12-13,18H,5,8,11H2,1H3,(H,27,31)(H,28,30)(H4,24,25,26)/t18-/m0/s1. The summed E-state index contributed by atoms with van der Waals surface area (Å²) in [5, 5.41) is 6.31. The number of aliphatic imine (C=N–C) groups is 1. The van der Waals surface area contributed by atoms with Crippen LogP contribution in [0.3, 0.4) is 0 Å². The lowest BCUT2D eigenvalue weighted by molar-refractivity contribution is -0.118. The van der Waals surface area contributed by atoms with Gasteiger partial charge in [-0.05, 0) is 49.6 Å². The van der Waals surface area contributed by atoms with Crippen molar-refractivity contribution in [2.24, 2.45) is 16.5 Å². The molecule has 9 nitrogen and oxygen atoms in total. The molecule has 2 aromatic carbocycles. The van der Waals surface area contributed by atoms with Crippen LogP contribution in [0, 0.1) is 6.92 Å². The first-order valence-electron chi connectivity index (χ1n) is 10.1. The highest BCUT2D eigenvalue weighted by Crippen LogP contribution is 2.21. The van der Waals surface area contributed by atoms with E-state index in [1.807, 2.05) is 6.92 Å². The van der Waals surface area contributed by atoms with Gasteiger partial charge in [-0.2, -0.15) is 0 Å². The Bertz CT molecular complexity index is 1200. The normalized spacial score (nSPS) is 11.5. The minimum Gasteiger partial charge on any atom is -0.423 e. The summed E-state index contributed by atoms with van der Waals surface area (Å²) in [6.07, 6.45) is 0.805. The zero-order chi connectivity index (χ0) is 23.1. The number of nitrogens with zero attached hydrogens (tertiary/aromatic N) is 1. The Balaban J connectivity index is 1.77. The van der Waals surface area contributed by atoms with Crippen LogP contribution in [0.15, 0.2) is 68.8 Å². The molecule has 0 saturated heterocycles. The molecule has 0 aliphatic carbocycles. The monoisotopic (exact) mass is 435 g/mol. The molecule has 1 atom stereocenters. The highest BCUT2D eigenvalue weighted by atomic mass is 16.4. The van der Waals surface area contributed by atoms with Crippen LogP contribution in [-0.2, 0) is 4.79 Å². The number of benzene rings is 2. The van der Waals surface area contributed by atoms with E-state index in [1.54, 1.807) is 48.5 Å². The number of amides is 2. The maximum Gasteiger partial charge on any atom is 0.336 e. The van der Waals surface area contributed by atoms with Gasteiger partial charge in [-0.3, -0.25) is 14.6 Å². The van der Waals surface area contributed by atoms with Crippen LogP contribution < -0.4 is 27.7 Å². The molecule has 0 aliphatic heterocycles. The fourth-order valence-corrected chi connectivity index (χ4v) is 3.24. The molecule has 0 radical (unpaired) electrons. The molecule has 0 aliphatic rings. The van der Waals surface area contributed by atoms with E-state index in [0.29, 0.717) is 36.2 Å². The third-order valence-corrected chi connectivity index (χ3v) is 4.82. The molecular weight excluding hydrogens is 410 g/mol. The van der Waals surface area contributed by atoms with E-state index in [0.717, 1.165) is 10.9 Å². The Labute approximate surface area is 184 Å². The average molecular weight is 435 g/mol. The molecule has 32 heavy (non-hydrogen) atoms. The first-order valence-corrected chi connectivity index (χ1v) is 10.1. The number of hydrogen-bond acceptors (Lipinski definition) is 5. The highest BCUT2D eigenvalue weighted by molar-refractivity contribution is 6.01. The topological polar surface area (TPSA) is 153 Å². The minimum absolute atomic E-state index is 0.0349. The second kappa shape index (κ2) is 10.3. The summed E-state index contributed by atoms with van der Waals surface area (Å²) in [5.41, 5.74) is 12.2. The van der Waals surface area contributed by atoms with Gasteiger partial charge >= 0.3 is 5.63 Å². The van der Waals surface area contributed by atoms with Crippen LogP contribution in [0.5, 0.6) is 0 Å². The molecule has 0 bridgehead atoms. The largest absolute Gasteiger partial charge is 0.423 e. The predicted octanol–water partition coefficient (Wildman–Crippen LogP) is 1.89. The summed E-state index contributed by atoms with van der Waals surface area (Å²) >= 11 is 0. The SMILES string of the molecule is Cc1cc(=O)oc2cc(NC(=O)[C@H](CCCN=C(N)N)NC(=O)c3ccccc3)ccc12. The summed E-state index contributed by atoms with van der Waals surface area (Å²) in [4.78, 5) is 41.1. The van der Waals surface area contributed by atoms with Gasteiger partial charge in [0.1, 0.15) is 11.6 Å². The van der Waals surface area contributed by atoms with Gasteiger partial charge in [0.05, 0.1) is 0 Å². The maximum absolute atomic E-state index is 13.0. The van der Waals surface area contributed by atoms with Gasteiger partial charge in [-0.25, -0.2) is 4.79 Å². The number of rotatable bonds is 8. The molecule has 0 saturated carbocycles. The van der Waals surface area contributed by atoms with E-state index in [1.165, 1.54) is 6.07 Å². The number of anilines is 1. The smallest absolute Gasteiger partial charge is 0.336 e. The maximum atomic E-state index is 13.0. The van der Waals surface area contributed by atoms with E-state index in [9.17, 15) is 14.4 Å². The van der Waals surface area contributed by atoms with Crippen LogP contribution in [0.1, 0.15) is 28.8 Å². The van der Waals surface area contributed by atoms with Crippen molar-refractivity contribution in [1.29, 1.82) is 0 Å². The van der Waals surface area contributed by atoms with Gasteiger partial charge in [-0.1, -0.05) is 18.2 Å². The van der Waals surface area contributed by atoms with Gasteiger partial charge in [0.2, 0.25) is 5.91 Å². The molecule has 9 heteroatoms. The number of nitrogens with two attached hydrogens (primary N) is 2. The molecule has 3 aromatic rings. The second-order valence-electron chi connectivity index (χ2n) is 7.29. The lowest BCUT2D eigenvalue weighted by atomic mass is 10.1. The molecule has 0 unspecified atom stereocenters. The van der Waals surface area contributed by atoms with Gasteiger partial charge in [0, 0.05) is 35.3 Å². The molecule has 0 fully saturated rings. The number of carbonyl (C=O) groups is 2. The molecule has 1 heterocycles. The van der Waals surface area contributed by atoms with Crippen molar-refractivity contribution in [3.63, 3.8) is 0 Å². The predicted molar refractivity (Wildman–Crippen MR) is 123 cm³/mol. The molecule has 6 N–H and O–H groups in total. The summed E-state index contributed by atoms with van der Waals surface area (Å²) in [7, 11) is 0. The second-order valence-corrected chi connectivity index (χ2v) is 7.29. The van der Waals surface area contributed by atoms with Crippen molar-refractivity contribution in [2.75, 3.05) is 11.9 Å². The van der Waals surface area contributed by atoms with Crippen LogP contribution in [0.2, 0.25) is 0 Å². The number of nitrogens with one attached hydrogen (secondary N) is 2. The average Bonchev–Trinajstić information content (AvgIpc) is 2.75. The molecule has 3 rings (SSSR count). The lowest BCUT2D eigenvalue weighted by Gasteiger charge is -2.18. The summed E-state index contributed by atoms with van der Waals surface area (Å²) < 4.78 is 5.23. The number of guanidine groups is 1. The van der Waals surface area contributed by atoms with Crippen LogP contribution >= 0.6 is 0 Å². The van der Waals surface area contributed by atoms with E-state index in [4.69, 9.17) is 15.9 Å². The Kier molecular flexibility index (Phi) is 7.22. The number of aryl methyl sites for hydroxylation is 1. The molecule has 1 aromatic heterocycles. The number of hydrogen-bond donors (Lipinski definition) is 4.